The van der Waals surface area contributed by atoms with Crippen LogP contribution in [0.2, 0.25) is 5.02 Å². The maximum absolute atomic E-state index is 12.2. The van der Waals surface area contributed by atoms with Crippen LogP contribution < -0.4 is 4.74 Å². The number of halogens is 1. The molecule has 0 saturated carbocycles. The summed E-state index contributed by atoms with van der Waals surface area (Å²) in [5.74, 6) is 2.20. The maximum atomic E-state index is 12.2. The summed E-state index contributed by atoms with van der Waals surface area (Å²) < 4.78 is 11.6. The molecule has 2 heterocycles. The molecule has 0 aliphatic carbocycles. The lowest BCUT2D eigenvalue weighted by atomic mass is 9.97. The third kappa shape index (κ3) is 4.59. The van der Waals surface area contributed by atoms with E-state index >= 15 is 0 Å². The SMILES string of the molecule is CCN(O)C(=O)N1CCC(c2nc(-c3ccc(OC)cc3)c(-c3ccc(Cl)cc3)o2)CC1. The van der Waals surface area contributed by atoms with Crippen LogP contribution in [0.1, 0.15) is 31.6 Å². The highest BCUT2D eigenvalue weighted by atomic mass is 35.5. The van der Waals surface area contributed by atoms with E-state index in [1.165, 1.54) is 0 Å². The monoisotopic (exact) mass is 455 g/mol. The summed E-state index contributed by atoms with van der Waals surface area (Å²) in [6, 6.07) is 14.8. The van der Waals surface area contributed by atoms with Crippen molar-refractivity contribution in [3.05, 3.63) is 59.4 Å². The molecule has 0 bridgehead atoms. The Labute approximate surface area is 192 Å². The largest absolute Gasteiger partial charge is 0.497 e. The number of methoxy groups -OCH3 is 1. The molecule has 1 aliphatic heterocycles. The molecule has 1 aliphatic rings. The number of aromatic nitrogens is 1. The van der Waals surface area contributed by atoms with Crippen LogP contribution in [0.4, 0.5) is 4.79 Å². The van der Waals surface area contributed by atoms with E-state index in [1.807, 2.05) is 48.5 Å². The molecule has 1 aromatic heterocycles. The standard InChI is InChI=1S/C24H26ClN3O4/c1-3-28(30)24(29)27-14-12-18(13-15-27)23-26-21(16-6-10-20(31-2)11-7-16)22(32-23)17-4-8-19(25)9-5-17/h4-11,18,30H,3,12-15H2,1-2H3. The van der Waals surface area contributed by atoms with Crippen LogP contribution in [0.15, 0.2) is 52.9 Å². The number of piperidine rings is 1. The number of ether oxygens (including phenoxy) is 1. The van der Waals surface area contributed by atoms with Gasteiger partial charge in [-0.15, -0.1) is 0 Å². The number of urea groups is 1. The number of nitrogens with zero attached hydrogens (tertiary/aromatic N) is 3. The van der Waals surface area contributed by atoms with Gasteiger partial charge in [0.2, 0.25) is 0 Å². The fourth-order valence-electron chi connectivity index (χ4n) is 3.87. The van der Waals surface area contributed by atoms with Crippen molar-refractivity contribution in [3.8, 4) is 28.3 Å². The van der Waals surface area contributed by atoms with Crippen LogP contribution in [-0.4, -0.2) is 52.9 Å². The molecule has 1 N–H and O–H groups in total. The summed E-state index contributed by atoms with van der Waals surface area (Å²) in [4.78, 5) is 18.8. The highest BCUT2D eigenvalue weighted by Crippen LogP contribution is 2.38. The van der Waals surface area contributed by atoms with E-state index in [-0.39, 0.29) is 18.5 Å². The molecule has 4 rings (SSSR count). The Morgan fingerprint density at radius 1 is 1.16 bits per heavy atom. The van der Waals surface area contributed by atoms with Crippen LogP contribution in [-0.2, 0) is 0 Å². The minimum absolute atomic E-state index is 0.0888. The molecular weight excluding hydrogens is 430 g/mol. The van der Waals surface area contributed by atoms with Gasteiger partial charge in [-0.1, -0.05) is 11.6 Å². The van der Waals surface area contributed by atoms with Gasteiger partial charge in [-0.25, -0.2) is 14.8 Å². The fourth-order valence-corrected chi connectivity index (χ4v) is 3.99. The topological polar surface area (TPSA) is 79.0 Å². The maximum Gasteiger partial charge on any atom is 0.343 e. The van der Waals surface area contributed by atoms with Gasteiger partial charge in [0.15, 0.2) is 11.7 Å². The Morgan fingerprint density at radius 3 is 2.38 bits per heavy atom. The third-order valence-corrected chi connectivity index (χ3v) is 6.00. The summed E-state index contributed by atoms with van der Waals surface area (Å²) in [7, 11) is 1.63. The first-order valence-corrected chi connectivity index (χ1v) is 11.0. The summed E-state index contributed by atoms with van der Waals surface area (Å²) in [6.45, 7) is 3.07. The lowest BCUT2D eigenvalue weighted by Gasteiger charge is -2.32. The smallest absolute Gasteiger partial charge is 0.343 e. The van der Waals surface area contributed by atoms with Crippen molar-refractivity contribution >= 4 is 17.6 Å². The van der Waals surface area contributed by atoms with Crippen LogP contribution in [0, 0.1) is 0 Å². The molecule has 0 spiro atoms. The first-order valence-electron chi connectivity index (χ1n) is 10.7. The second kappa shape index (κ2) is 9.63. The fraction of sp³-hybridized carbons (Fsp3) is 0.333. The zero-order valence-electron chi connectivity index (χ0n) is 18.1. The van der Waals surface area contributed by atoms with Crippen molar-refractivity contribution in [1.82, 2.24) is 14.9 Å². The van der Waals surface area contributed by atoms with Gasteiger partial charge in [0.25, 0.3) is 0 Å². The van der Waals surface area contributed by atoms with Crippen LogP contribution in [0.3, 0.4) is 0 Å². The van der Waals surface area contributed by atoms with E-state index in [0.717, 1.165) is 27.6 Å². The molecule has 7 nitrogen and oxygen atoms in total. The van der Waals surface area contributed by atoms with Gasteiger partial charge in [0, 0.05) is 41.7 Å². The molecule has 3 aromatic rings. The van der Waals surface area contributed by atoms with Crippen LogP contribution in [0.5, 0.6) is 5.75 Å². The predicted molar refractivity (Wildman–Crippen MR) is 122 cm³/mol. The minimum atomic E-state index is -0.362. The number of rotatable bonds is 5. The number of oxazole rings is 1. The van der Waals surface area contributed by atoms with Crippen LogP contribution >= 0.6 is 11.6 Å². The average molecular weight is 456 g/mol. The van der Waals surface area contributed by atoms with Crippen molar-refractivity contribution in [2.24, 2.45) is 0 Å². The molecule has 2 amide bonds. The first kappa shape index (κ1) is 22.2. The number of hydrogen-bond donors (Lipinski definition) is 1. The molecule has 1 fully saturated rings. The Balaban J connectivity index is 1.62. The molecule has 0 unspecified atom stereocenters. The summed E-state index contributed by atoms with van der Waals surface area (Å²) in [6.07, 6.45) is 1.43. The van der Waals surface area contributed by atoms with Crippen molar-refractivity contribution in [2.45, 2.75) is 25.7 Å². The first-order chi connectivity index (χ1) is 15.5. The number of hydrogen-bond acceptors (Lipinski definition) is 5. The zero-order valence-corrected chi connectivity index (χ0v) is 18.9. The number of likely N-dealkylation sites (tertiary alicyclic amines) is 1. The molecule has 8 heteroatoms. The van der Waals surface area contributed by atoms with Crippen LogP contribution in [0.25, 0.3) is 22.6 Å². The molecule has 0 atom stereocenters. The summed E-state index contributed by atoms with van der Waals surface area (Å²) in [5.41, 5.74) is 2.58. The highest BCUT2D eigenvalue weighted by Gasteiger charge is 2.30. The summed E-state index contributed by atoms with van der Waals surface area (Å²) >= 11 is 6.07. The highest BCUT2D eigenvalue weighted by molar-refractivity contribution is 6.30. The Bertz CT molecular complexity index is 1060. The van der Waals surface area contributed by atoms with Crippen molar-refractivity contribution in [3.63, 3.8) is 0 Å². The molecule has 1 saturated heterocycles. The van der Waals surface area contributed by atoms with E-state index in [9.17, 15) is 10.0 Å². The number of amides is 2. The Morgan fingerprint density at radius 2 is 1.78 bits per heavy atom. The lowest BCUT2D eigenvalue weighted by molar-refractivity contribution is -0.0543. The van der Waals surface area contributed by atoms with E-state index < -0.39 is 0 Å². The lowest BCUT2D eigenvalue weighted by Crippen LogP contribution is -2.45. The van der Waals surface area contributed by atoms with E-state index in [2.05, 4.69) is 0 Å². The molecule has 2 aromatic carbocycles. The van der Waals surface area contributed by atoms with Gasteiger partial charge in [-0.05, 0) is 68.3 Å². The quantitative estimate of drug-likeness (QED) is 0.395. The van der Waals surface area contributed by atoms with Gasteiger partial charge in [0.1, 0.15) is 11.4 Å². The number of carbonyl (C=O) groups is 1. The number of carbonyl (C=O) groups excluding carboxylic acids is 1. The molecular formula is C24H26ClN3O4. The molecule has 0 radical (unpaired) electrons. The summed E-state index contributed by atoms with van der Waals surface area (Å²) in [5, 5.41) is 11.1. The van der Waals surface area contributed by atoms with Gasteiger partial charge in [-0.2, -0.15) is 0 Å². The van der Waals surface area contributed by atoms with Crippen molar-refractivity contribution < 1.29 is 19.2 Å². The second-order valence-electron chi connectivity index (χ2n) is 7.72. The van der Waals surface area contributed by atoms with Gasteiger partial charge in [0.05, 0.1) is 7.11 Å². The molecule has 32 heavy (non-hydrogen) atoms. The Hall–Kier alpha value is -3.03. The molecule has 168 valence electrons. The third-order valence-electron chi connectivity index (χ3n) is 5.75. The van der Waals surface area contributed by atoms with Crippen molar-refractivity contribution in [1.29, 1.82) is 0 Å². The second-order valence-corrected chi connectivity index (χ2v) is 8.16. The van der Waals surface area contributed by atoms with Gasteiger partial charge >= 0.3 is 6.03 Å². The minimum Gasteiger partial charge on any atom is -0.497 e. The van der Waals surface area contributed by atoms with E-state index in [4.69, 9.17) is 25.7 Å². The van der Waals surface area contributed by atoms with E-state index in [1.54, 1.807) is 18.9 Å². The number of benzene rings is 2. The van der Waals surface area contributed by atoms with E-state index in [0.29, 0.717) is 42.6 Å². The van der Waals surface area contributed by atoms with Crippen molar-refractivity contribution in [2.75, 3.05) is 26.7 Å². The zero-order chi connectivity index (χ0) is 22.7. The number of hydroxylamine groups is 2. The Kier molecular flexibility index (Phi) is 6.67. The van der Waals surface area contributed by atoms with Gasteiger partial charge in [-0.3, -0.25) is 5.21 Å². The average Bonchev–Trinajstić information content (AvgIpc) is 3.29. The normalized spacial score (nSPS) is 14.4. The van der Waals surface area contributed by atoms with Gasteiger partial charge < -0.3 is 14.1 Å². The predicted octanol–water partition coefficient (Wildman–Crippen LogP) is 5.68.